The van der Waals surface area contributed by atoms with Crippen molar-refractivity contribution in [1.82, 2.24) is 9.62 Å². The third-order valence-corrected chi connectivity index (χ3v) is 5.67. The van der Waals surface area contributed by atoms with E-state index < -0.39 is 28.4 Å². The fourth-order valence-corrected chi connectivity index (χ4v) is 4.03. The zero-order valence-electron chi connectivity index (χ0n) is 12.4. The normalized spacial score (nSPS) is 25.7. The van der Waals surface area contributed by atoms with E-state index in [4.69, 9.17) is 4.74 Å². The standard InChI is InChI=1S/C13H23F3N2O3S/c14-13(15,16)4-8-22(19,20)17-9-11-1-5-18(6-2-11)12-3-7-21-10-12/h11-12,17H,1-10H2/t12-/m0/s1. The molecule has 0 amide bonds. The Kier molecular flexibility index (Phi) is 6.09. The predicted molar refractivity (Wildman–Crippen MR) is 76.0 cm³/mol. The molecule has 2 aliphatic heterocycles. The third-order valence-electron chi connectivity index (χ3n) is 4.32. The van der Waals surface area contributed by atoms with E-state index in [1.807, 2.05) is 0 Å². The van der Waals surface area contributed by atoms with Crippen molar-refractivity contribution in [2.24, 2.45) is 5.92 Å². The molecular formula is C13H23F3N2O3S. The van der Waals surface area contributed by atoms with E-state index in [9.17, 15) is 21.6 Å². The summed E-state index contributed by atoms with van der Waals surface area (Å²) in [5, 5.41) is 0. The fourth-order valence-electron chi connectivity index (χ4n) is 2.90. The molecule has 0 aromatic heterocycles. The number of hydrogen-bond donors (Lipinski definition) is 1. The Balaban J connectivity index is 1.67. The van der Waals surface area contributed by atoms with Gasteiger partial charge in [0, 0.05) is 19.2 Å². The van der Waals surface area contributed by atoms with Crippen LogP contribution >= 0.6 is 0 Å². The first-order chi connectivity index (χ1) is 10.3. The summed E-state index contributed by atoms with van der Waals surface area (Å²) in [6, 6.07) is 0.462. The third kappa shape index (κ3) is 6.02. The number of hydrogen-bond acceptors (Lipinski definition) is 4. The van der Waals surface area contributed by atoms with Gasteiger partial charge in [-0.25, -0.2) is 13.1 Å². The summed E-state index contributed by atoms with van der Waals surface area (Å²) in [6.45, 7) is 3.57. The summed E-state index contributed by atoms with van der Waals surface area (Å²) < 4.78 is 67.0. The second-order valence-electron chi connectivity index (χ2n) is 6.03. The Hall–Kier alpha value is -0.380. The molecule has 0 aromatic carbocycles. The molecule has 130 valence electrons. The monoisotopic (exact) mass is 344 g/mol. The van der Waals surface area contributed by atoms with Crippen molar-refractivity contribution in [2.75, 3.05) is 38.6 Å². The van der Waals surface area contributed by atoms with E-state index >= 15 is 0 Å². The molecule has 5 nitrogen and oxygen atoms in total. The topological polar surface area (TPSA) is 58.6 Å². The highest BCUT2D eigenvalue weighted by Crippen LogP contribution is 2.23. The molecule has 0 saturated carbocycles. The quantitative estimate of drug-likeness (QED) is 0.790. The van der Waals surface area contributed by atoms with Crippen LogP contribution in [0.25, 0.3) is 0 Å². The summed E-state index contributed by atoms with van der Waals surface area (Å²) in [6.07, 6.45) is -2.99. The van der Waals surface area contributed by atoms with E-state index in [0.29, 0.717) is 6.04 Å². The zero-order chi connectivity index (χ0) is 16.2. The van der Waals surface area contributed by atoms with Crippen LogP contribution in [0.15, 0.2) is 0 Å². The Bertz CT molecular complexity index is 442. The minimum Gasteiger partial charge on any atom is -0.380 e. The van der Waals surface area contributed by atoms with Crippen molar-refractivity contribution in [2.45, 2.75) is 37.9 Å². The van der Waals surface area contributed by atoms with Crippen LogP contribution in [0.4, 0.5) is 13.2 Å². The lowest BCUT2D eigenvalue weighted by molar-refractivity contribution is -0.129. The molecule has 0 aliphatic carbocycles. The van der Waals surface area contributed by atoms with Gasteiger partial charge in [0.05, 0.1) is 18.8 Å². The van der Waals surface area contributed by atoms with Crippen LogP contribution in [0.1, 0.15) is 25.7 Å². The molecule has 9 heteroatoms. The average molecular weight is 344 g/mol. The molecule has 2 fully saturated rings. The van der Waals surface area contributed by atoms with Crippen LogP contribution in [0.2, 0.25) is 0 Å². The minimum absolute atomic E-state index is 0.194. The van der Waals surface area contributed by atoms with Crippen LogP contribution in [0.3, 0.4) is 0 Å². The van der Waals surface area contributed by atoms with Gasteiger partial charge in [-0.3, -0.25) is 4.90 Å². The summed E-state index contributed by atoms with van der Waals surface area (Å²) in [5.41, 5.74) is 0. The van der Waals surface area contributed by atoms with Gasteiger partial charge in [0.25, 0.3) is 0 Å². The Morgan fingerprint density at radius 3 is 2.41 bits per heavy atom. The molecule has 22 heavy (non-hydrogen) atoms. The molecule has 2 aliphatic rings. The zero-order valence-corrected chi connectivity index (χ0v) is 13.3. The summed E-state index contributed by atoms with van der Waals surface area (Å²) in [7, 11) is -3.85. The summed E-state index contributed by atoms with van der Waals surface area (Å²) in [5.74, 6) is -0.700. The molecule has 0 aromatic rings. The van der Waals surface area contributed by atoms with Crippen molar-refractivity contribution in [3.05, 3.63) is 0 Å². The lowest BCUT2D eigenvalue weighted by atomic mass is 9.96. The van der Waals surface area contributed by atoms with Crippen LogP contribution in [-0.2, 0) is 14.8 Å². The van der Waals surface area contributed by atoms with Gasteiger partial charge in [0.1, 0.15) is 0 Å². The van der Waals surface area contributed by atoms with Gasteiger partial charge in [-0.05, 0) is 38.3 Å². The summed E-state index contributed by atoms with van der Waals surface area (Å²) in [4.78, 5) is 2.36. The second kappa shape index (κ2) is 7.46. The SMILES string of the molecule is O=S(=O)(CCC(F)(F)F)NCC1CCN([C@H]2CCOC2)CC1. The number of nitrogens with one attached hydrogen (secondary N) is 1. The van der Waals surface area contributed by atoms with E-state index in [-0.39, 0.29) is 12.5 Å². The van der Waals surface area contributed by atoms with Crippen molar-refractivity contribution in [3.8, 4) is 0 Å². The maximum absolute atomic E-state index is 12.1. The van der Waals surface area contributed by atoms with Gasteiger partial charge in [0.2, 0.25) is 10.0 Å². The van der Waals surface area contributed by atoms with Crippen LogP contribution < -0.4 is 4.72 Å². The first-order valence-electron chi connectivity index (χ1n) is 7.61. The number of sulfonamides is 1. The van der Waals surface area contributed by atoms with Gasteiger partial charge in [-0.15, -0.1) is 0 Å². The predicted octanol–water partition coefficient (Wildman–Crippen LogP) is 1.36. The maximum Gasteiger partial charge on any atom is 0.390 e. The Labute approximate surface area is 129 Å². The lowest BCUT2D eigenvalue weighted by Crippen LogP contribution is -2.44. The molecule has 2 saturated heterocycles. The molecule has 2 rings (SSSR count). The number of rotatable bonds is 6. The van der Waals surface area contributed by atoms with Crippen molar-refractivity contribution < 1.29 is 26.3 Å². The molecule has 1 atom stereocenters. The fraction of sp³-hybridized carbons (Fsp3) is 1.00. The first kappa shape index (κ1) is 18.0. The number of ether oxygens (including phenoxy) is 1. The molecule has 0 bridgehead atoms. The largest absolute Gasteiger partial charge is 0.390 e. The highest BCUT2D eigenvalue weighted by atomic mass is 32.2. The minimum atomic E-state index is -4.44. The lowest BCUT2D eigenvalue weighted by Gasteiger charge is -2.35. The van der Waals surface area contributed by atoms with Crippen molar-refractivity contribution >= 4 is 10.0 Å². The van der Waals surface area contributed by atoms with E-state index in [1.54, 1.807) is 0 Å². The van der Waals surface area contributed by atoms with Crippen molar-refractivity contribution in [1.29, 1.82) is 0 Å². The number of alkyl halides is 3. The van der Waals surface area contributed by atoms with Gasteiger partial charge in [-0.1, -0.05) is 0 Å². The summed E-state index contributed by atoms with van der Waals surface area (Å²) >= 11 is 0. The molecule has 0 radical (unpaired) electrons. The van der Waals surface area contributed by atoms with Crippen molar-refractivity contribution in [3.63, 3.8) is 0 Å². The van der Waals surface area contributed by atoms with E-state index in [1.165, 1.54) is 0 Å². The van der Waals surface area contributed by atoms with Crippen LogP contribution in [-0.4, -0.2) is 64.1 Å². The second-order valence-corrected chi connectivity index (χ2v) is 7.96. The number of nitrogens with zero attached hydrogens (tertiary/aromatic N) is 1. The Morgan fingerprint density at radius 2 is 1.86 bits per heavy atom. The number of likely N-dealkylation sites (tertiary alicyclic amines) is 1. The van der Waals surface area contributed by atoms with Gasteiger partial charge < -0.3 is 4.74 Å². The van der Waals surface area contributed by atoms with Gasteiger partial charge in [-0.2, -0.15) is 13.2 Å². The van der Waals surface area contributed by atoms with E-state index in [2.05, 4.69) is 9.62 Å². The molecule has 0 unspecified atom stereocenters. The molecular weight excluding hydrogens is 321 g/mol. The highest BCUT2D eigenvalue weighted by molar-refractivity contribution is 7.89. The molecule has 1 N–H and O–H groups in total. The van der Waals surface area contributed by atoms with E-state index in [0.717, 1.165) is 45.6 Å². The smallest absolute Gasteiger partial charge is 0.380 e. The van der Waals surface area contributed by atoms with Gasteiger partial charge >= 0.3 is 6.18 Å². The average Bonchev–Trinajstić information content (AvgIpc) is 2.97. The maximum atomic E-state index is 12.1. The number of halogens is 3. The highest BCUT2D eigenvalue weighted by Gasteiger charge is 2.31. The number of piperidine rings is 1. The van der Waals surface area contributed by atoms with Gasteiger partial charge in [0.15, 0.2) is 0 Å². The molecule has 2 heterocycles. The molecule has 0 spiro atoms. The first-order valence-corrected chi connectivity index (χ1v) is 9.26. The van der Waals surface area contributed by atoms with Crippen LogP contribution in [0.5, 0.6) is 0 Å². The van der Waals surface area contributed by atoms with Crippen LogP contribution in [0, 0.1) is 5.92 Å². The Morgan fingerprint density at radius 1 is 1.18 bits per heavy atom.